The molecule has 1 fully saturated rings. The number of ether oxygens (including phenoxy) is 1. The number of nitrogens with zero attached hydrogens (tertiary/aromatic N) is 3. The van der Waals surface area contributed by atoms with E-state index in [0.717, 1.165) is 29.1 Å². The monoisotopic (exact) mass is 381 g/mol. The quantitative estimate of drug-likeness (QED) is 0.403. The third kappa shape index (κ3) is 3.96. The minimum atomic E-state index is -0.972. The predicted molar refractivity (Wildman–Crippen MR) is 108 cm³/mol. The van der Waals surface area contributed by atoms with Crippen LogP contribution in [0, 0.1) is 0 Å². The molecule has 28 heavy (non-hydrogen) atoms. The smallest absolute Gasteiger partial charge is 0.335 e. The van der Waals surface area contributed by atoms with Crippen LogP contribution < -0.4 is 10.6 Å². The zero-order valence-corrected chi connectivity index (χ0v) is 15.9. The summed E-state index contributed by atoms with van der Waals surface area (Å²) in [6.45, 7) is 5.17. The molecule has 8 heteroatoms. The van der Waals surface area contributed by atoms with Crippen molar-refractivity contribution in [1.82, 2.24) is 15.0 Å². The number of hydrogen-bond acceptors (Lipinski definition) is 7. The first kappa shape index (κ1) is 18.4. The Kier molecular flexibility index (Phi) is 4.95. The van der Waals surface area contributed by atoms with Crippen molar-refractivity contribution in [3.63, 3.8) is 0 Å². The molecule has 8 nitrogen and oxygen atoms in total. The highest BCUT2D eigenvalue weighted by molar-refractivity contribution is 6.09. The number of hydrogen-bond donors (Lipinski definition) is 3. The number of anilines is 2. The second-order valence-corrected chi connectivity index (χ2v) is 7.22. The molecule has 0 saturated heterocycles. The Morgan fingerprint density at radius 1 is 1.29 bits per heavy atom. The summed E-state index contributed by atoms with van der Waals surface area (Å²) < 4.78 is 5.53. The number of carbonyl (C=O) groups is 1. The van der Waals surface area contributed by atoms with E-state index in [1.165, 1.54) is 0 Å². The van der Waals surface area contributed by atoms with Crippen LogP contribution in [0.5, 0.6) is 0 Å². The molecule has 1 aliphatic rings. The lowest BCUT2D eigenvalue weighted by Gasteiger charge is -2.13. The largest absolute Gasteiger partial charge is 0.478 e. The summed E-state index contributed by atoms with van der Waals surface area (Å²) in [7, 11) is 0. The molecule has 0 bridgehead atoms. The lowest BCUT2D eigenvalue weighted by atomic mass is 10.1. The number of aromatic carboxylic acids is 1. The maximum atomic E-state index is 11.3. The maximum Gasteiger partial charge on any atom is 0.335 e. The van der Waals surface area contributed by atoms with Crippen LogP contribution in [0.15, 0.2) is 24.4 Å². The van der Waals surface area contributed by atoms with E-state index in [1.807, 2.05) is 13.8 Å². The van der Waals surface area contributed by atoms with Gasteiger partial charge in [0.1, 0.15) is 5.52 Å². The molecule has 2 aromatic heterocycles. The molecule has 1 aromatic carbocycles. The highest BCUT2D eigenvalue weighted by Gasteiger charge is 2.23. The third-order valence-electron chi connectivity index (χ3n) is 4.53. The number of fused-ring (bicyclic) bond motifs is 3. The lowest BCUT2D eigenvalue weighted by molar-refractivity contribution is 0.0697. The molecule has 0 atom stereocenters. The normalized spacial score (nSPS) is 14.0. The van der Waals surface area contributed by atoms with Gasteiger partial charge in [0.2, 0.25) is 5.95 Å². The van der Waals surface area contributed by atoms with Gasteiger partial charge in [-0.2, -0.15) is 0 Å². The molecule has 4 rings (SSSR count). The van der Waals surface area contributed by atoms with Crippen molar-refractivity contribution in [3.05, 3.63) is 30.0 Å². The van der Waals surface area contributed by atoms with E-state index in [0.29, 0.717) is 36.5 Å². The zero-order chi connectivity index (χ0) is 19.7. The molecule has 3 N–H and O–H groups in total. The van der Waals surface area contributed by atoms with Gasteiger partial charge in [-0.15, -0.1) is 0 Å². The fourth-order valence-electron chi connectivity index (χ4n) is 2.98. The fraction of sp³-hybridized carbons (Fsp3) is 0.400. The minimum absolute atomic E-state index is 0.180. The van der Waals surface area contributed by atoms with Gasteiger partial charge in [0.05, 0.1) is 23.8 Å². The third-order valence-corrected chi connectivity index (χ3v) is 4.53. The van der Waals surface area contributed by atoms with Crippen molar-refractivity contribution in [3.8, 4) is 0 Å². The number of aromatic nitrogens is 3. The van der Waals surface area contributed by atoms with Crippen molar-refractivity contribution in [2.45, 2.75) is 38.8 Å². The van der Waals surface area contributed by atoms with E-state index in [2.05, 4.69) is 25.6 Å². The fourth-order valence-corrected chi connectivity index (χ4v) is 2.98. The zero-order valence-electron chi connectivity index (χ0n) is 15.9. The molecule has 0 aliphatic heterocycles. The molecule has 146 valence electrons. The summed E-state index contributed by atoms with van der Waals surface area (Å²) >= 11 is 0. The molecular weight excluding hydrogens is 358 g/mol. The molecule has 0 spiro atoms. The van der Waals surface area contributed by atoms with Gasteiger partial charge in [-0.3, -0.25) is 0 Å². The Morgan fingerprint density at radius 3 is 2.82 bits per heavy atom. The van der Waals surface area contributed by atoms with Crippen molar-refractivity contribution < 1.29 is 14.6 Å². The molecule has 1 saturated carbocycles. The van der Waals surface area contributed by atoms with E-state index in [4.69, 9.17) is 4.74 Å². The summed E-state index contributed by atoms with van der Waals surface area (Å²) in [6.07, 6.45) is 4.13. The molecule has 3 aromatic rings. The summed E-state index contributed by atoms with van der Waals surface area (Å²) in [5, 5.41) is 17.5. The number of carboxylic acid groups (broad SMARTS) is 1. The topological polar surface area (TPSA) is 109 Å². The first-order valence-corrected chi connectivity index (χ1v) is 9.47. The van der Waals surface area contributed by atoms with Gasteiger partial charge >= 0.3 is 5.97 Å². The van der Waals surface area contributed by atoms with E-state index >= 15 is 0 Å². The van der Waals surface area contributed by atoms with Gasteiger partial charge in [-0.1, -0.05) is 6.07 Å². The van der Waals surface area contributed by atoms with Crippen LogP contribution in [0.1, 0.15) is 37.0 Å². The number of pyridine rings is 1. The van der Waals surface area contributed by atoms with E-state index in [-0.39, 0.29) is 11.7 Å². The molecule has 0 amide bonds. The first-order chi connectivity index (χ1) is 13.5. The summed E-state index contributed by atoms with van der Waals surface area (Å²) in [5.41, 5.74) is 1.55. The van der Waals surface area contributed by atoms with Crippen LogP contribution in [0.4, 0.5) is 11.8 Å². The molecule has 1 aliphatic carbocycles. The number of nitrogens with one attached hydrogen (secondary N) is 2. The highest BCUT2D eigenvalue weighted by atomic mass is 16.5. The Morgan fingerprint density at radius 2 is 2.11 bits per heavy atom. The SMILES string of the molecule is CC(C)OCCNc1ncc2c(n1)c(NC1CC1)nc1cc(C(=O)O)ccc12. The average Bonchev–Trinajstić information content (AvgIpc) is 3.48. The minimum Gasteiger partial charge on any atom is -0.478 e. The second-order valence-electron chi connectivity index (χ2n) is 7.22. The Bertz CT molecular complexity index is 1030. The predicted octanol–water partition coefficient (Wildman–Crippen LogP) is 3.29. The van der Waals surface area contributed by atoms with Crippen LogP contribution >= 0.6 is 0 Å². The van der Waals surface area contributed by atoms with Crippen molar-refractivity contribution in [1.29, 1.82) is 0 Å². The van der Waals surface area contributed by atoms with Gasteiger partial charge in [0, 0.05) is 29.6 Å². The van der Waals surface area contributed by atoms with Gasteiger partial charge in [0.15, 0.2) is 5.82 Å². The Labute approximate surface area is 162 Å². The van der Waals surface area contributed by atoms with Gasteiger partial charge in [0.25, 0.3) is 0 Å². The summed E-state index contributed by atoms with van der Waals surface area (Å²) in [4.78, 5) is 25.1. The number of rotatable bonds is 8. The van der Waals surface area contributed by atoms with Gasteiger partial charge in [-0.05, 0) is 38.8 Å². The summed E-state index contributed by atoms with van der Waals surface area (Å²) in [6, 6.07) is 5.32. The van der Waals surface area contributed by atoms with Crippen LogP contribution in [-0.4, -0.2) is 51.3 Å². The van der Waals surface area contributed by atoms with Gasteiger partial charge in [-0.25, -0.2) is 19.7 Å². The maximum absolute atomic E-state index is 11.3. The molecular formula is C20H23N5O3. The van der Waals surface area contributed by atoms with Gasteiger partial charge < -0.3 is 20.5 Å². The van der Waals surface area contributed by atoms with Crippen molar-refractivity contribution in [2.24, 2.45) is 0 Å². The molecule has 0 unspecified atom stereocenters. The number of carboxylic acids is 1. The van der Waals surface area contributed by atoms with Crippen molar-refractivity contribution >= 4 is 39.5 Å². The molecule has 0 radical (unpaired) electrons. The van der Waals surface area contributed by atoms with Crippen LogP contribution in [0.2, 0.25) is 0 Å². The second kappa shape index (κ2) is 7.55. The van der Waals surface area contributed by atoms with Crippen LogP contribution in [0.3, 0.4) is 0 Å². The number of benzene rings is 1. The van der Waals surface area contributed by atoms with E-state index in [1.54, 1.807) is 24.4 Å². The Hall–Kier alpha value is -3.00. The Balaban J connectivity index is 1.72. The van der Waals surface area contributed by atoms with E-state index < -0.39 is 5.97 Å². The van der Waals surface area contributed by atoms with Crippen molar-refractivity contribution in [2.75, 3.05) is 23.8 Å². The first-order valence-electron chi connectivity index (χ1n) is 9.47. The standard InChI is InChI=1S/C20H23N5O3/c1-11(2)28-8-7-21-20-22-10-15-14-6-3-12(19(26)27)9-16(14)24-18(17(15)25-20)23-13-4-5-13/h3,6,9-11,13H,4-5,7-8H2,1-2H3,(H,23,24)(H,26,27)(H,21,22,25). The van der Waals surface area contributed by atoms with Crippen LogP contribution in [-0.2, 0) is 4.74 Å². The lowest BCUT2D eigenvalue weighted by Crippen LogP contribution is -2.15. The highest BCUT2D eigenvalue weighted by Crippen LogP contribution is 2.32. The van der Waals surface area contributed by atoms with Crippen LogP contribution in [0.25, 0.3) is 21.8 Å². The molecule has 2 heterocycles. The van der Waals surface area contributed by atoms with E-state index in [9.17, 15) is 9.90 Å². The average molecular weight is 381 g/mol. The summed E-state index contributed by atoms with van der Waals surface area (Å²) in [5.74, 6) is 0.207.